The molecule has 5 nitrogen and oxygen atoms in total. The lowest BCUT2D eigenvalue weighted by Gasteiger charge is -2.18. The van der Waals surface area contributed by atoms with Gasteiger partial charge in [0.25, 0.3) is 0 Å². The molecule has 0 aromatic heterocycles. The second-order valence-corrected chi connectivity index (χ2v) is 3.32. The van der Waals surface area contributed by atoms with Crippen molar-refractivity contribution in [1.29, 1.82) is 5.26 Å². The molecule has 0 spiro atoms. The average Bonchev–Trinajstić information content (AvgIpc) is 2.51. The first-order valence-corrected chi connectivity index (χ1v) is 4.13. The molecule has 1 aliphatic heterocycles. The van der Waals surface area contributed by atoms with Gasteiger partial charge in [-0.2, -0.15) is 5.26 Å². The number of aliphatic hydroxyl groups is 1. The summed E-state index contributed by atoms with van der Waals surface area (Å²) in [5.41, 5.74) is -0.660. The number of nitriles is 1. The fourth-order valence-electron chi connectivity index (χ4n) is 1.60. The van der Waals surface area contributed by atoms with Crippen LogP contribution in [0.4, 0.5) is 4.79 Å². The minimum Gasteiger partial charge on any atom is -0.465 e. The number of hydrogen-bond donors (Lipinski definition) is 2. The molecule has 1 saturated heterocycles. The molecule has 0 aliphatic carbocycles. The van der Waals surface area contributed by atoms with Gasteiger partial charge in [0.05, 0.1) is 11.5 Å². The Kier molecular flexibility index (Phi) is 2.73. The Hall–Kier alpha value is -1.28. The maximum absolute atomic E-state index is 10.6. The van der Waals surface area contributed by atoms with Gasteiger partial charge in [0.15, 0.2) is 0 Å². The highest BCUT2D eigenvalue weighted by atomic mass is 16.4. The molecule has 1 amide bonds. The van der Waals surface area contributed by atoms with Crippen molar-refractivity contribution in [1.82, 2.24) is 4.90 Å². The van der Waals surface area contributed by atoms with Gasteiger partial charge in [0.2, 0.25) is 0 Å². The van der Waals surface area contributed by atoms with Crippen LogP contribution in [0.2, 0.25) is 0 Å². The van der Waals surface area contributed by atoms with Gasteiger partial charge in [-0.15, -0.1) is 0 Å². The largest absolute Gasteiger partial charge is 0.465 e. The van der Waals surface area contributed by atoms with Crippen LogP contribution in [0.25, 0.3) is 0 Å². The predicted molar refractivity (Wildman–Crippen MR) is 44.0 cm³/mol. The van der Waals surface area contributed by atoms with Gasteiger partial charge >= 0.3 is 6.09 Å². The van der Waals surface area contributed by atoms with Gasteiger partial charge in [0.1, 0.15) is 0 Å². The third-order valence-corrected chi connectivity index (χ3v) is 2.45. The van der Waals surface area contributed by atoms with Crippen LogP contribution in [0.5, 0.6) is 0 Å². The first kappa shape index (κ1) is 9.81. The molecular weight excluding hydrogens is 172 g/mol. The number of hydrogen-bond acceptors (Lipinski definition) is 3. The van der Waals surface area contributed by atoms with E-state index in [0.29, 0.717) is 19.4 Å². The van der Waals surface area contributed by atoms with Crippen molar-refractivity contribution in [3.8, 4) is 6.07 Å². The molecule has 1 aliphatic rings. The Morgan fingerprint density at radius 2 is 2.38 bits per heavy atom. The van der Waals surface area contributed by atoms with Crippen molar-refractivity contribution in [2.75, 3.05) is 19.7 Å². The van der Waals surface area contributed by atoms with Crippen LogP contribution in [-0.2, 0) is 0 Å². The van der Waals surface area contributed by atoms with Crippen LogP contribution < -0.4 is 0 Å². The smallest absolute Gasteiger partial charge is 0.407 e. The van der Waals surface area contributed by atoms with E-state index >= 15 is 0 Å². The summed E-state index contributed by atoms with van der Waals surface area (Å²) < 4.78 is 0. The van der Waals surface area contributed by atoms with Gasteiger partial charge in [-0.1, -0.05) is 0 Å². The third kappa shape index (κ3) is 1.90. The number of aliphatic hydroxyl groups excluding tert-OH is 1. The Morgan fingerprint density at radius 3 is 2.77 bits per heavy atom. The standard InChI is InChI=1S/C8H12N2O3/c9-5-8(2-4-11)1-3-10(6-8)7(12)13/h11H,1-4,6H2,(H,12,13). The molecule has 1 unspecified atom stereocenters. The van der Waals surface area contributed by atoms with E-state index in [4.69, 9.17) is 15.5 Å². The van der Waals surface area contributed by atoms with Gasteiger partial charge in [-0.25, -0.2) is 4.79 Å². The minimum absolute atomic E-state index is 0.0684. The topological polar surface area (TPSA) is 84.6 Å². The Bertz CT molecular complexity index is 248. The first-order chi connectivity index (χ1) is 6.13. The van der Waals surface area contributed by atoms with E-state index in [0.717, 1.165) is 0 Å². The molecule has 1 fully saturated rings. The number of carbonyl (C=O) groups is 1. The van der Waals surface area contributed by atoms with E-state index < -0.39 is 11.5 Å². The molecule has 0 aromatic carbocycles. The van der Waals surface area contributed by atoms with Gasteiger partial charge < -0.3 is 15.1 Å². The number of likely N-dealkylation sites (tertiary alicyclic amines) is 1. The molecule has 0 radical (unpaired) electrons. The van der Waals surface area contributed by atoms with Crippen LogP contribution in [0.1, 0.15) is 12.8 Å². The Morgan fingerprint density at radius 1 is 1.69 bits per heavy atom. The fraction of sp³-hybridized carbons (Fsp3) is 0.750. The molecule has 13 heavy (non-hydrogen) atoms. The zero-order chi connectivity index (χ0) is 9.90. The summed E-state index contributed by atoms with van der Waals surface area (Å²) in [4.78, 5) is 11.8. The van der Waals surface area contributed by atoms with E-state index in [-0.39, 0.29) is 13.2 Å². The molecule has 1 heterocycles. The molecule has 1 rings (SSSR count). The van der Waals surface area contributed by atoms with Crippen molar-refractivity contribution in [2.24, 2.45) is 5.41 Å². The summed E-state index contributed by atoms with van der Waals surface area (Å²) in [6.07, 6.45) is -0.112. The lowest BCUT2D eigenvalue weighted by atomic mass is 9.86. The van der Waals surface area contributed by atoms with E-state index in [1.165, 1.54) is 4.90 Å². The Balaban J connectivity index is 2.64. The highest BCUT2D eigenvalue weighted by Gasteiger charge is 2.39. The van der Waals surface area contributed by atoms with Crippen LogP contribution in [0, 0.1) is 16.7 Å². The Labute approximate surface area is 76.2 Å². The van der Waals surface area contributed by atoms with Crippen LogP contribution in [0.3, 0.4) is 0 Å². The lowest BCUT2D eigenvalue weighted by Crippen LogP contribution is -2.30. The summed E-state index contributed by atoms with van der Waals surface area (Å²) in [5, 5.41) is 26.3. The first-order valence-electron chi connectivity index (χ1n) is 4.13. The lowest BCUT2D eigenvalue weighted by molar-refractivity contribution is 0.149. The van der Waals surface area contributed by atoms with Crippen LogP contribution in [-0.4, -0.2) is 40.9 Å². The molecule has 72 valence electrons. The minimum atomic E-state index is -0.991. The van der Waals surface area contributed by atoms with Crippen molar-refractivity contribution >= 4 is 6.09 Å². The summed E-state index contributed by atoms with van der Waals surface area (Å²) in [6, 6.07) is 2.10. The van der Waals surface area contributed by atoms with E-state index in [1.807, 2.05) is 0 Å². The summed E-state index contributed by atoms with van der Waals surface area (Å²) in [7, 11) is 0. The van der Waals surface area contributed by atoms with Crippen molar-refractivity contribution in [3.05, 3.63) is 0 Å². The zero-order valence-electron chi connectivity index (χ0n) is 7.23. The van der Waals surface area contributed by atoms with E-state index in [2.05, 4.69) is 6.07 Å². The van der Waals surface area contributed by atoms with E-state index in [1.54, 1.807) is 0 Å². The highest BCUT2D eigenvalue weighted by Crippen LogP contribution is 2.32. The number of amides is 1. The summed E-state index contributed by atoms with van der Waals surface area (Å²) >= 11 is 0. The second kappa shape index (κ2) is 3.62. The monoisotopic (exact) mass is 184 g/mol. The zero-order valence-corrected chi connectivity index (χ0v) is 7.23. The van der Waals surface area contributed by atoms with Crippen molar-refractivity contribution < 1.29 is 15.0 Å². The van der Waals surface area contributed by atoms with Crippen LogP contribution in [0.15, 0.2) is 0 Å². The molecule has 0 saturated carbocycles. The second-order valence-electron chi connectivity index (χ2n) is 3.32. The van der Waals surface area contributed by atoms with Gasteiger partial charge in [0, 0.05) is 19.7 Å². The third-order valence-electron chi connectivity index (χ3n) is 2.45. The molecule has 2 N–H and O–H groups in total. The molecule has 0 aromatic rings. The molecule has 5 heteroatoms. The maximum atomic E-state index is 10.6. The quantitative estimate of drug-likeness (QED) is 0.644. The highest BCUT2D eigenvalue weighted by molar-refractivity contribution is 5.65. The number of rotatable bonds is 2. The average molecular weight is 184 g/mol. The summed E-state index contributed by atoms with van der Waals surface area (Å²) in [5.74, 6) is 0. The number of carboxylic acid groups (broad SMARTS) is 1. The van der Waals surface area contributed by atoms with Crippen LogP contribution >= 0.6 is 0 Å². The van der Waals surface area contributed by atoms with Gasteiger partial charge in [-0.3, -0.25) is 0 Å². The van der Waals surface area contributed by atoms with Crippen molar-refractivity contribution in [2.45, 2.75) is 12.8 Å². The van der Waals surface area contributed by atoms with Gasteiger partial charge in [-0.05, 0) is 12.8 Å². The fourth-order valence-corrected chi connectivity index (χ4v) is 1.60. The molecular formula is C8H12N2O3. The molecule has 0 bridgehead atoms. The maximum Gasteiger partial charge on any atom is 0.407 e. The molecule has 1 atom stereocenters. The summed E-state index contributed by atoms with van der Waals surface area (Å²) in [6.45, 7) is 0.545. The van der Waals surface area contributed by atoms with E-state index in [9.17, 15) is 4.79 Å². The predicted octanol–water partition coefficient (Wildman–Crippen LogP) is 0.262. The van der Waals surface area contributed by atoms with Crippen molar-refractivity contribution in [3.63, 3.8) is 0 Å². The normalized spacial score (nSPS) is 27.2. The SMILES string of the molecule is N#CC1(CCO)CCN(C(=O)O)C1. The number of nitrogens with zero attached hydrogens (tertiary/aromatic N) is 2.